The number of hydrogen-bond acceptors (Lipinski definition) is 8. The lowest BCUT2D eigenvalue weighted by molar-refractivity contribution is -0.155. The number of fused-ring (bicyclic) bond motifs is 2. The summed E-state index contributed by atoms with van der Waals surface area (Å²) in [7, 11) is 0. The number of Topliss-reactive ketones (excluding diaryl/α,β-unsaturated/α-hetero) is 1. The molecule has 3 rings (SSSR count). The summed E-state index contributed by atoms with van der Waals surface area (Å²) in [5.74, 6) is 0.0694. The van der Waals surface area contributed by atoms with Crippen molar-refractivity contribution in [2.75, 3.05) is 11.5 Å². The largest absolute Gasteiger partial charge is 0.457 e. The molecule has 22 heavy (non-hydrogen) atoms. The summed E-state index contributed by atoms with van der Waals surface area (Å²) in [4.78, 5) is 35.6. The van der Waals surface area contributed by atoms with E-state index >= 15 is 0 Å². The molecule has 1 heterocycles. The second kappa shape index (κ2) is 5.86. The summed E-state index contributed by atoms with van der Waals surface area (Å²) in [6.07, 6.45) is 4.04. The van der Waals surface area contributed by atoms with Gasteiger partial charge in [-0.25, -0.2) is 0 Å². The molecule has 1 aromatic heterocycles. The van der Waals surface area contributed by atoms with Crippen molar-refractivity contribution in [1.29, 1.82) is 0 Å². The number of carbonyl (C=O) groups is 2. The van der Waals surface area contributed by atoms with Crippen molar-refractivity contribution in [1.82, 2.24) is 15.0 Å². The summed E-state index contributed by atoms with van der Waals surface area (Å²) < 4.78 is 5.26. The van der Waals surface area contributed by atoms with Gasteiger partial charge in [0, 0.05) is 11.8 Å². The van der Waals surface area contributed by atoms with E-state index in [9.17, 15) is 9.59 Å². The quantitative estimate of drug-likeness (QED) is 0.770. The molecule has 8 heteroatoms. The number of aromatic nitrogens is 3. The summed E-state index contributed by atoms with van der Waals surface area (Å²) in [6, 6.07) is 0. The van der Waals surface area contributed by atoms with Crippen LogP contribution < -0.4 is 11.5 Å². The number of ether oxygens (including phenoxy) is 1. The molecule has 0 spiro atoms. The van der Waals surface area contributed by atoms with E-state index in [4.69, 9.17) is 16.2 Å². The van der Waals surface area contributed by atoms with E-state index in [-0.39, 0.29) is 48.1 Å². The molecule has 4 N–H and O–H groups in total. The van der Waals surface area contributed by atoms with Crippen LogP contribution in [0.5, 0.6) is 0 Å². The number of rotatable bonds is 3. The lowest BCUT2D eigenvalue weighted by Gasteiger charge is -2.36. The Kier molecular flexibility index (Phi) is 3.91. The molecule has 2 atom stereocenters. The fourth-order valence-corrected chi connectivity index (χ4v) is 3.45. The highest BCUT2D eigenvalue weighted by Crippen LogP contribution is 2.40. The van der Waals surface area contributed by atoms with E-state index in [2.05, 4.69) is 15.0 Å². The van der Waals surface area contributed by atoms with Gasteiger partial charge in [0.15, 0.2) is 12.4 Å². The Morgan fingerprint density at radius 1 is 1.09 bits per heavy atom. The third-order valence-electron chi connectivity index (χ3n) is 4.44. The van der Waals surface area contributed by atoms with Crippen LogP contribution in [0.3, 0.4) is 0 Å². The third-order valence-corrected chi connectivity index (χ3v) is 4.44. The van der Waals surface area contributed by atoms with Crippen LogP contribution in [0.2, 0.25) is 0 Å². The summed E-state index contributed by atoms with van der Waals surface area (Å²) in [5, 5.41) is 0. The third kappa shape index (κ3) is 3.00. The van der Waals surface area contributed by atoms with Gasteiger partial charge in [0.1, 0.15) is 5.78 Å². The molecule has 2 fully saturated rings. The zero-order valence-electron chi connectivity index (χ0n) is 12.2. The monoisotopic (exact) mass is 305 g/mol. The highest BCUT2D eigenvalue weighted by Gasteiger charge is 2.41. The summed E-state index contributed by atoms with van der Waals surface area (Å²) in [5.41, 5.74) is 10.9. The number of esters is 1. The maximum atomic E-state index is 12.2. The predicted molar refractivity (Wildman–Crippen MR) is 77.0 cm³/mol. The van der Waals surface area contributed by atoms with Crippen molar-refractivity contribution in [2.45, 2.75) is 38.7 Å². The second-order valence-electron chi connectivity index (χ2n) is 5.97. The van der Waals surface area contributed by atoms with Gasteiger partial charge in [0.2, 0.25) is 11.9 Å². The number of carbonyl (C=O) groups excluding carboxylic acids is 2. The zero-order valence-corrected chi connectivity index (χ0v) is 12.2. The van der Waals surface area contributed by atoms with Crippen LogP contribution in [0.15, 0.2) is 0 Å². The summed E-state index contributed by atoms with van der Waals surface area (Å²) in [6.45, 7) is -0.0878. The average molecular weight is 305 g/mol. The fraction of sp³-hybridized carbons (Fsp3) is 0.643. The molecule has 2 unspecified atom stereocenters. The van der Waals surface area contributed by atoms with Crippen molar-refractivity contribution >= 4 is 23.6 Å². The zero-order chi connectivity index (χ0) is 15.7. The van der Waals surface area contributed by atoms with Gasteiger partial charge >= 0.3 is 5.97 Å². The molecular formula is C14H19N5O3. The standard InChI is InChI=1S/C14H19N5O3/c15-13-17-10(18-14(16)19-13)6-22-12(21)9-4-7-2-1-3-8(5-9)11(7)20/h7-9H,1-6H2,(H4,15,16,17,18,19). The van der Waals surface area contributed by atoms with E-state index in [1.807, 2.05) is 0 Å². The normalized spacial score (nSPS) is 27.5. The Morgan fingerprint density at radius 3 is 2.27 bits per heavy atom. The van der Waals surface area contributed by atoms with Crippen LogP contribution in [0, 0.1) is 17.8 Å². The number of nitrogens with zero attached hydrogens (tertiary/aromatic N) is 3. The molecule has 0 amide bonds. The van der Waals surface area contributed by atoms with E-state index in [0.29, 0.717) is 18.6 Å². The Balaban J connectivity index is 1.59. The Hall–Kier alpha value is -2.25. The van der Waals surface area contributed by atoms with Gasteiger partial charge in [-0.3, -0.25) is 9.59 Å². The van der Waals surface area contributed by atoms with Crippen LogP contribution in [-0.2, 0) is 20.9 Å². The van der Waals surface area contributed by atoms with E-state index in [1.165, 1.54) is 0 Å². The van der Waals surface area contributed by atoms with Crippen LogP contribution in [-0.4, -0.2) is 26.7 Å². The van der Waals surface area contributed by atoms with Gasteiger partial charge in [-0.15, -0.1) is 0 Å². The molecule has 8 nitrogen and oxygen atoms in total. The van der Waals surface area contributed by atoms with Gasteiger partial charge in [-0.1, -0.05) is 6.42 Å². The minimum Gasteiger partial charge on any atom is -0.457 e. The molecule has 2 saturated carbocycles. The molecule has 0 aliphatic heterocycles. The SMILES string of the molecule is Nc1nc(N)nc(COC(=O)C2CC3CCCC(C2)C3=O)n1. The molecule has 2 bridgehead atoms. The number of ketones is 1. The van der Waals surface area contributed by atoms with Gasteiger partial charge < -0.3 is 16.2 Å². The Morgan fingerprint density at radius 2 is 1.68 bits per heavy atom. The van der Waals surface area contributed by atoms with Crippen molar-refractivity contribution < 1.29 is 14.3 Å². The van der Waals surface area contributed by atoms with Gasteiger partial charge in [-0.2, -0.15) is 15.0 Å². The highest BCUT2D eigenvalue weighted by atomic mass is 16.5. The van der Waals surface area contributed by atoms with Crippen molar-refractivity contribution in [3.63, 3.8) is 0 Å². The predicted octanol–water partition coefficient (Wildman–Crippen LogP) is 0.475. The maximum absolute atomic E-state index is 12.2. The van der Waals surface area contributed by atoms with Crippen LogP contribution in [0.4, 0.5) is 11.9 Å². The van der Waals surface area contributed by atoms with Gasteiger partial charge in [0.25, 0.3) is 0 Å². The first-order valence-corrected chi connectivity index (χ1v) is 7.49. The number of anilines is 2. The van der Waals surface area contributed by atoms with Crippen LogP contribution in [0.25, 0.3) is 0 Å². The topological polar surface area (TPSA) is 134 Å². The maximum Gasteiger partial charge on any atom is 0.309 e. The first-order valence-electron chi connectivity index (χ1n) is 7.49. The first kappa shape index (κ1) is 14.7. The van der Waals surface area contributed by atoms with Crippen molar-refractivity contribution in [3.05, 3.63) is 5.82 Å². The lowest BCUT2D eigenvalue weighted by Crippen LogP contribution is -2.39. The van der Waals surface area contributed by atoms with Crippen molar-refractivity contribution in [2.24, 2.45) is 17.8 Å². The van der Waals surface area contributed by atoms with E-state index < -0.39 is 0 Å². The molecule has 2 aliphatic carbocycles. The van der Waals surface area contributed by atoms with Gasteiger partial charge in [-0.05, 0) is 25.7 Å². The minimum absolute atomic E-state index is 0.00339. The molecule has 118 valence electrons. The molecule has 2 aliphatic rings. The fourth-order valence-electron chi connectivity index (χ4n) is 3.45. The molecular weight excluding hydrogens is 286 g/mol. The highest BCUT2D eigenvalue weighted by molar-refractivity contribution is 5.87. The second-order valence-corrected chi connectivity index (χ2v) is 5.97. The smallest absolute Gasteiger partial charge is 0.309 e. The van der Waals surface area contributed by atoms with Crippen LogP contribution >= 0.6 is 0 Å². The summed E-state index contributed by atoms with van der Waals surface area (Å²) >= 11 is 0. The Bertz CT molecular complexity index is 570. The van der Waals surface area contributed by atoms with Gasteiger partial charge in [0.05, 0.1) is 5.92 Å². The number of nitrogen functional groups attached to an aromatic ring is 2. The molecule has 0 aromatic carbocycles. The minimum atomic E-state index is -0.304. The van der Waals surface area contributed by atoms with E-state index in [0.717, 1.165) is 19.3 Å². The lowest BCUT2D eigenvalue weighted by atomic mass is 9.67. The first-order chi connectivity index (χ1) is 10.5. The Labute approximate surface area is 127 Å². The van der Waals surface area contributed by atoms with Crippen LogP contribution in [0.1, 0.15) is 37.9 Å². The molecule has 0 saturated heterocycles. The van der Waals surface area contributed by atoms with Crippen molar-refractivity contribution in [3.8, 4) is 0 Å². The number of hydrogen-bond donors (Lipinski definition) is 2. The molecule has 0 radical (unpaired) electrons. The van der Waals surface area contributed by atoms with E-state index in [1.54, 1.807) is 0 Å². The molecule has 1 aromatic rings. The average Bonchev–Trinajstić information content (AvgIpc) is 2.43. The number of nitrogens with two attached hydrogens (primary N) is 2.